The van der Waals surface area contributed by atoms with E-state index >= 15 is 0 Å². The van der Waals surface area contributed by atoms with Gasteiger partial charge in [0.25, 0.3) is 5.91 Å². The van der Waals surface area contributed by atoms with Crippen molar-refractivity contribution in [1.29, 1.82) is 0 Å². The maximum absolute atomic E-state index is 12.1. The smallest absolute Gasteiger partial charge is 0.271 e. The zero-order valence-corrected chi connectivity index (χ0v) is 13.5. The first-order valence-electron chi connectivity index (χ1n) is 7.69. The zero-order chi connectivity index (χ0) is 16.5. The summed E-state index contributed by atoms with van der Waals surface area (Å²) in [5.74, 6) is 0.503. The van der Waals surface area contributed by atoms with Gasteiger partial charge in [0.1, 0.15) is 5.75 Å². The Kier molecular flexibility index (Phi) is 6.29. The number of pyridine rings is 1. The third-order valence-corrected chi connectivity index (χ3v) is 3.24. The number of hydrogen-bond acceptors (Lipinski definition) is 4. The number of nitrogens with one attached hydrogen (secondary N) is 1. The molecule has 2 aromatic rings. The van der Waals surface area contributed by atoms with Crippen LogP contribution in [0.4, 0.5) is 0 Å². The van der Waals surface area contributed by atoms with Crippen LogP contribution >= 0.6 is 0 Å². The van der Waals surface area contributed by atoms with Gasteiger partial charge in [0.2, 0.25) is 0 Å². The number of hydrogen-bond donors (Lipinski definition) is 1. The summed E-state index contributed by atoms with van der Waals surface area (Å²) >= 11 is 0. The quantitative estimate of drug-likeness (QED) is 0.484. The Bertz CT molecular complexity index is 652. The molecule has 0 aliphatic carbocycles. The number of unbranched alkanes of at least 4 members (excludes halogenated alkanes) is 1. The van der Waals surface area contributed by atoms with Crippen LogP contribution in [0.3, 0.4) is 0 Å². The van der Waals surface area contributed by atoms with Crippen LogP contribution in [0.2, 0.25) is 0 Å². The normalized spacial score (nSPS) is 11.1. The fourth-order valence-corrected chi connectivity index (χ4v) is 1.87. The minimum atomic E-state index is -0.264. The van der Waals surface area contributed by atoms with Gasteiger partial charge in [0.05, 0.1) is 18.0 Å². The second-order valence-electron chi connectivity index (χ2n) is 5.08. The highest BCUT2D eigenvalue weighted by Crippen LogP contribution is 2.12. The molecule has 2 rings (SSSR count). The van der Waals surface area contributed by atoms with Gasteiger partial charge in [-0.25, -0.2) is 5.43 Å². The first-order chi connectivity index (χ1) is 11.2. The third kappa shape index (κ3) is 5.21. The highest BCUT2D eigenvalue weighted by Gasteiger charge is 2.05. The number of benzene rings is 1. The first kappa shape index (κ1) is 16.7. The molecule has 0 unspecified atom stereocenters. The molecular formula is C18H21N3O2. The fourth-order valence-electron chi connectivity index (χ4n) is 1.87. The van der Waals surface area contributed by atoms with E-state index in [0.29, 0.717) is 17.9 Å². The zero-order valence-electron chi connectivity index (χ0n) is 13.5. The van der Waals surface area contributed by atoms with Crippen LogP contribution in [-0.2, 0) is 0 Å². The van der Waals surface area contributed by atoms with Crippen LogP contribution in [-0.4, -0.2) is 23.2 Å². The summed E-state index contributed by atoms with van der Waals surface area (Å²) in [6, 6.07) is 12.6. The van der Waals surface area contributed by atoms with Crippen LogP contribution in [0.15, 0.2) is 53.8 Å². The topological polar surface area (TPSA) is 63.6 Å². The highest BCUT2D eigenvalue weighted by atomic mass is 16.5. The van der Waals surface area contributed by atoms with Crippen molar-refractivity contribution in [3.05, 3.63) is 59.9 Å². The summed E-state index contributed by atoms with van der Waals surface area (Å²) in [4.78, 5) is 16.3. The van der Waals surface area contributed by atoms with Gasteiger partial charge >= 0.3 is 0 Å². The van der Waals surface area contributed by atoms with Crippen LogP contribution in [0.1, 0.15) is 42.7 Å². The van der Waals surface area contributed by atoms with Crippen molar-refractivity contribution < 1.29 is 9.53 Å². The minimum absolute atomic E-state index is 0.264. The summed E-state index contributed by atoms with van der Waals surface area (Å²) in [7, 11) is 0. The number of hydrazone groups is 1. The first-order valence-corrected chi connectivity index (χ1v) is 7.69. The molecular weight excluding hydrogens is 290 g/mol. The van der Waals surface area contributed by atoms with Gasteiger partial charge in [-0.1, -0.05) is 19.4 Å². The molecule has 0 aliphatic heterocycles. The van der Waals surface area contributed by atoms with Gasteiger partial charge in [-0.2, -0.15) is 5.10 Å². The third-order valence-electron chi connectivity index (χ3n) is 3.24. The predicted molar refractivity (Wildman–Crippen MR) is 90.8 cm³/mol. The largest absolute Gasteiger partial charge is 0.494 e. The number of ether oxygens (including phenoxy) is 1. The summed E-state index contributed by atoms with van der Waals surface area (Å²) in [6.45, 7) is 4.60. The number of carbonyl (C=O) groups is 1. The van der Waals surface area contributed by atoms with Crippen molar-refractivity contribution in [1.82, 2.24) is 10.4 Å². The van der Waals surface area contributed by atoms with E-state index in [2.05, 4.69) is 22.4 Å². The van der Waals surface area contributed by atoms with E-state index in [1.54, 1.807) is 37.4 Å². The summed E-state index contributed by atoms with van der Waals surface area (Å²) < 4.78 is 5.57. The molecule has 1 N–H and O–H groups in total. The van der Waals surface area contributed by atoms with E-state index in [9.17, 15) is 4.79 Å². The number of nitrogens with zero attached hydrogens (tertiary/aromatic N) is 2. The van der Waals surface area contributed by atoms with Crippen molar-refractivity contribution in [3.63, 3.8) is 0 Å². The molecule has 0 bridgehead atoms. The molecule has 1 aromatic heterocycles. The lowest BCUT2D eigenvalue weighted by molar-refractivity contribution is 0.0955. The molecule has 0 atom stereocenters. The Hall–Kier alpha value is -2.69. The lowest BCUT2D eigenvalue weighted by Crippen LogP contribution is -2.19. The van der Waals surface area contributed by atoms with E-state index in [0.717, 1.165) is 24.3 Å². The molecule has 0 aliphatic rings. The fraction of sp³-hybridized carbons (Fsp3) is 0.278. The summed E-state index contributed by atoms with van der Waals surface area (Å²) in [5, 5.41) is 4.08. The van der Waals surface area contributed by atoms with E-state index in [4.69, 9.17) is 4.74 Å². The molecule has 5 nitrogen and oxygen atoms in total. The van der Waals surface area contributed by atoms with Gasteiger partial charge in [-0.15, -0.1) is 0 Å². The van der Waals surface area contributed by atoms with Gasteiger partial charge in [0.15, 0.2) is 0 Å². The maximum Gasteiger partial charge on any atom is 0.271 e. The molecule has 0 spiro atoms. The van der Waals surface area contributed by atoms with Crippen molar-refractivity contribution in [2.24, 2.45) is 5.10 Å². The molecule has 23 heavy (non-hydrogen) atoms. The summed E-state index contributed by atoms with van der Waals surface area (Å²) in [6.07, 6.45) is 3.80. The van der Waals surface area contributed by atoms with Crippen molar-refractivity contribution >= 4 is 11.6 Å². The molecule has 0 saturated heterocycles. The lowest BCUT2D eigenvalue weighted by atomic mass is 10.2. The molecule has 1 heterocycles. The number of amides is 1. The number of carbonyl (C=O) groups excluding carboxylic acids is 1. The molecule has 120 valence electrons. The Morgan fingerprint density at radius 3 is 2.65 bits per heavy atom. The molecule has 0 saturated carbocycles. The highest BCUT2D eigenvalue weighted by molar-refractivity contribution is 5.99. The maximum atomic E-state index is 12.1. The summed E-state index contributed by atoms with van der Waals surface area (Å²) in [5.41, 5.74) is 4.45. The van der Waals surface area contributed by atoms with E-state index in [1.165, 1.54) is 0 Å². The van der Waals surface area contributed by atoms with E-state index in [1.807, 2.05) is 18.2 Å². The number of rotatable bonds is 7. The van der Waals surface area contributed by atoms with E-state index in [-0.39, 0.29) is 5.91 Å². The second-order valence-corrected chi connectivity index (χ2v) is 5.08. The van der Waals surface area contributed by atoms with Crippen LogP contribution in [0.5, 0.6) is 5.75 Å². The Morgan fingerprint density at radius 2 is 2.00 bits per heavy atom. The molecule has 1 amide bonds. The average molecular weight is 311 g/mol. The van der Waals surface area contributed by atoms with Crippen LogP contribution in [0.25, 0.3) is 0 Å². The van der Waals surface area contributed by atoms with Crippen molar-refractivity contribution in [2.75, 3.05) is 6.61 Å². The van der Waals surface area contributed by atoms with Gasteiger partial charge in [0, 0.05) is 11.8 Å². The standard InChI is InChI=1S/C18H21N3O2/c1-3-4-13-23-16-10-8-15(9-11-16)18(22)21-20-14(2)17-7-5-6-12-19-17/h5-12H,3-4,13H2,1-2H3,(H,21,22)/b20-14+. The van der Waals surface area contributed by atoms with Crippen LogP contribution in [0, 0.1) is 0 Å². The van der Waals surface area contributed by atoms with Gasteiger partial charge < -0.3 is 4.74 Å². The second kappa shape index (κ2) is 8.68. The molecule has 1 aromatic carbocycles. The predicted octanol–water partition coefficient (Wildman–Crippen LogP) is 3.41. The SMILES string of the molecule is CCCCOc1ccc(C(=O)N/N=C(\C)c2ccccn2)cc1. The Morgan fingerprint density at radius 1 is 1.22 bits per heavy atom. The number of aromatic nitrogens is 1. The molecule has 0 radical (unpaired) electrons. The molecule has 0 fully saturated rings. The average Bonchev–Trinajstić information content (AvgIpc) is 2.61. The lowest BCUT2D eigenvalue weighted by Gasteiger charge is -2.06. The molecule has 5 heteroatoms. The van der Waals surface area contributed by atoms with Gasteiger partial charge in [-0.05, 0) is 49.7 Å². The minimum Gasteiger partial charge on any atom is -0.494 e. The Balaban J connectivity index is 1.93. The Labute approximate surface area is 136 Å². The monoisotopic (exact) mass is 311 g/mol. The van der Waals surface area contributed by atoms with E-state index < -0.39 is 0 Å². The van der Waals surface area contributed by atoms with Gasteiger partial charge in [-0.3, -0.25) is 9.78 Å². The van der Waals surface area contributed by atoms with Crippen molar-refractivity contribution in [2.45, 2.75) is 26.7 Å². The van der Waals surface area contributed by atoms with Crippen molar-refractivity contribution in [3.8, 4) is 5.75 Å². The van der Waals surface area contributed by atoms with Crippen LogP contribution < -0.4 is 10.2 Å².